The molecule has 0 amide bonds. The highest BCUT2D eigenvalue weighted by Gasteiger charge is 2.66. The van der Waals surface area contributed by atoms with Crippen LogP contribution < -0.4 is 0 Å². The van der Waals surface area contributed by atoms with Crippen LogP contribution in [0.5, 0.6) is 0 Å². The molecule has 0 radical (unpaired) electrons. The van der Waals surface area contributed by atoms with E-state index in [2.05, 4.69) is 53.7 Å². The number of aliphatic hydroxyl groups excluding tert-OH is 2. The SMILES string of the molecule is CC(C)CCCC(C)(O)[C@H]1CC[C@@]2(C)C3=CC[C@H]4C(C)(C)[C@@H](O)CC[C@]4(C)C3=CC[C@]12CO. The monoisotopic (exact) mass is 458 g/mol. The minimum atomic E-state index is -0.751. The first-order valence-electron chi connectivity index (χ1n) is 13.7. The number of rotatable bonds is 6. The van der Waals surface area contributed by atoms with Gasteiger partial charge in [0.25, 0.3) is 0 Å². The van der Waals surface area contributed by atoms with Crippen LogP contribution in [-0.2, 0) is 0 Å². The molecule has 2 fully saturated rings. The highest BCUT2D eigenvalue weighted by Crippen LogP contribution is 2.72. The zero-order valence-corrected chi connectivity index (χ0v) is 22.4. The van der Waals surface area contributed by atoms with Gasteiger partial charge in [-0.2, -0.15) is 0 Å². The summed E-state index contributed by atoms with van der Waals surface area (Å²) < 4.78 is 0. The molecule has 4 rings (SSSR count). The molecule has 0 spiro atoms. The van der Waals surface area contributed by atoms with E-state index >= 15 is 0 Å². The second kappa shape index (κ2) is 8.20. The molecule has 1 unspecified atom stereocenters. The van der Waals surface area contributed by atoms with Crippen LogP contribution in [0.15, 0.2) is 23.3 Å². The Morgan fingerprint density at radius 3 is 2.39 bits per heavy atom. The molecule has 0 aliphatic heterocycles. The highest BCUT2D eigenvalue weighted by atomic mass is 16.3. The standard InChI is InChI=1S/C30H50O3/c1-20(2)9-8-15-29(7,33)24-13-17-28(6)22-10-11-23-26(3,4)25(32)14-16-27(23,5)21(22)12-18-30(24,28)19-31/h10,12,20,23-25,31-33H,8-9,11,13-19H2,1-7H3/t23-,24+,25-,27+,28-,29?,30-/m0/s1. The lowest BCUT2D eigenvalue weighted by Gasteiger charge is -2.61. The molecular weight excluding hydrogens is 408 g/mol. The van der Waals surface area contributed by atoms with Gasteiger partial charge in [0.1, 0.15) is 0 Å². The van der Waals surface area contributed by atoms with Gasteiger partial charge in [-0.1, -0.05) is 66.5 Å². The lowest BCUT2D eigenvalue weighted by molar-refractivity contribution is -0.108. The summed E-state index contributed by atoms with van der Waals surface area (Å²) in [6.07, 6.45) is 13.4. The van der Waals surface area contributed by atoms with Gasteiger partial charge in [0, 0.05) is 10.8 Å². The van der Waals surface area contributed by atoms with Crippen molar-refractivity contribution in [1.82, 2.24) is 0 Å². The Morgan fingerprint density at radius 1 is 1.06 bits per heavy atom. The second-order valence-corrected chi connectivity index (χ2v) is 13.9. The molecule has 33 heavy (non-hydrogen) atoms. The van der Waals surface area contributed by atoms with Crippen LogP contribution in [0.25, 0.3) is 0 Å². The van der Waals surface area contributed by atoms with Gasteiger partial charge in [0.05, 0.1) is 18.3 Å². The number of hydrogen-bond donors (Lipinski definition) is 3. The first kappa shape index (κ1) is 25.5. The van der Waals surface area contributed by atoms with E-state index in [-0.39, 0.29) is 40.3 Å². The Bertz CT molecular complexity index is 820. The van der Waals surface area contributed by atoms with Crippen molar-refractivity contribution in [3.05, 3.63) is 23.3 Å². The molecule has 2 saturated carbocycles. The second-order valence-electron chi connectivity index (χ2n) is 13.9. The normalized spacial score (nSPS) is 43.8. The highest BCUT2D eigenvalue weighted by molar-refractivity contribution is 5.50. The molecule has 0 saturated heterocycles. The molecule has 4 aliphatic carbocycles. The zero-order chi connectivity index (χ0) is 24.4. The minimum absolute atomic E-state index is 0.0787. The molecule has 3 nitrogen and oxygen atoms in total. The summed E-state index contributed by atoms with van der Waals surface area (Å²) in [4.78, 5) is 0. The lowest BCUT2D eigenvalue weighted by Crippen LogP contribution is -2.57. The summed E-state index contributed by atoms with van der Waals surface area (Å²) in [7, 11) is 0. The first-order valence-corrected chi connectivity index (χ1v) is 13.7. The van der Waals surface area contributed by atoms with Crippen molar-refractivity contribution in [2.45, 2.75) is 118 Å². The molecule has 7 atom stereocenters. The number of fused-ring (bicyclic) bond motifs is 5. The fourth-order valence-electron chi connectivity index (χ4n) is 9.14. The van der Waals surface area contributed by atoms with E-state index in [1.165, 1.54) is 11.1 Å². The third kappa shape index (κ3) is 3.54. The van der Waals surface area contributed by atoms with Crippen LogP contribution in [0.1, 0.15) is 106 Å². The Morgan fingerprint density at radius 2 is 1.76 bits per heavy atom. The maximum Gasteiger partial charge on any atom is 0.0654 e. The van der Waals surface area contributed by atoms with Gasteiger partial charge in [-0.05, 0) is 91.6 Å². The van der Waals surface area contributed by atoms with Crippen LogP contribution in [-0.4, -0.2) is 33.6 Å². The third-order valence-electron chi connectivity index (χ3n) is 11.4. The Balaban J connectivity index is 1.71. The van der Waals surface area contributed by atoms with Gasteiger partial charge in [-0.15, -0.1) is 0 Å². The summed E-state index contributed by atoms with van der Waals surface area (Å²) in [6.45, 7) is 16.0. The van der Waals surface area contributed by atoms with E-state index in [9.17, 15) is 15.3 Å². The summed E-state index contributed by atoms with van der Waals surface area (Å²) in [5.74, 6) is 1.20. The number of aliphatic hydroxyl groups is 3. The third-order valence-corrected chi connectivity index (χ3v) is 11.4. The summed E-state index contributed by atoms with van der Waals surface area (Å²) in [6, 6.07) is 0. The van der Waals surface area contributed by atoms with Gasteiger partial charge in [0.15, 0.2) is 0 Å². The van der Waals surface area contributed by atoms with Crippen molar-refractivity contribution < 1.29 is 15.3 Å². The average molecular weight is 459 g/mol. The van der Waals surface area contributed by atoms with E-state index < -0.39 is 5.60 Å². The van der Waals surface area contributed by atoms with Crippen LogP contribution >= 0.6 is 0 Å². The average Bonchev–Trinajstić information content (AvgIpc) is 3.05. The Hall–Kier alpha value is -0.640. The van der Waals surface area contributed by atoms with Gasteiger partial charge in [-0.25, -0.2) is 0 Å². The van der Waals surface area contributed by atoms with E-state index in [1.807, 2.05) is 6.92 Å². The molecule has 3 heteroatoms. The number of allylic oxidation sites excluding steroid dienone is 4. The fourth-order valence-corrected chi connectivity index (χ4v) is 9.14. The van der Waals surface area contributed by atoms with Crippen molar-refractivity contribution in [2.75, 3.05) is 6.61 Å². The Kier molecular flexibility index (Phi) is 6.33. The van der Waals surface area contributed by atoms with Crippen molar-refractivity contribution >= 4 is 0 Å². The fraction of sp³-hybridized carbons (Fsp3) is 0.867. The molecule has 0 aromatic heterocycles. The van der Waals surface area contributed by atoms with Gasteiger partial charge >= 0.3 is 0 Å². The van der Waals surface area contributed by atoms with Gasteiger partial charge < -0.3 is 15.3 Å². The Labute approximate surface area is 202 Å². The molecule has 3 N–H and O–H groups in total. The van der Waals surface area contributed by atoms with Crippen LogP contribution in [0.4, 0.5) is 0 Å². The minimum Gasteiger partial charge on any atom is -0.396 e. The quantitative estimate of drug-likeness (QED) is 0.430. The molecular formula is C30H50O3. The molecule has 0 bridgehead atoms. The van der Waals surface area contributed by atoms with E-state index in [0.717, 1.165) is 57.8 Å². The topological polar surface area (TPSA) is 60.7 Å². The van der Waals surface area contributed by atoms with E-state index in [1.54, 1.807) is 0 Å². The first-order chi connectivity index (χ1) is 15.3. The largest absolute Gasteiger partial charge is 0.396 e. The van der Waals surface area contributed by atoms with Gasteiger partial charge in [-0.3, -0.25) is 0 Å². The maximum absolute atomic E-state index is 11.7. The predicted octanol–water partition coefficient (Wildman–Crippen LogP) is 6.42. The molecule has 0 aromatic rings. The van der Waals surface area contributed by atoms with Gasteiger partial charge in [0.2, 0.25) is 0 Å². The zero-order valence-electron chi connectivity index (χ0n) is 22.4. The lowest BCUT2D eigenvalue weighted by atomic mass is 9.43. The van der Waals surface area contributed by atoms with Crippen LogP contribution in [0.2, 0.25) is 0 Å². The maximum atomic E-state index is 11.7. The summed E-state index contributed by atoms with van der Waals surface area (Å²) in [5, 5.41) is 33.5. The molecule has 0 aromatic carbocycles. The summed E-state index contributed by atoms with van der Waals surface area (Å²) >= 11 is 0. The molecule has 0 heterocycles. The van der Waals surface area contributed by atoms with E-state index in [4.69, 9.17) is 0 Å². The van der Waals surface area contributed by atoms with E-state index in [0.29, 0.717) is 11.8 Å². The van der Waals surface area contributed by atoms with Crippen LogP contribution in [0, 0.1) is 39.4 Å². The predicted molar refractivity (Wildman–Crippen MR) is 136 cm³/mol. The molecule has 188 valence electrons. The van der Waals surface area contributed by atoms with Crippen molar-refractivity contribution in [1.29, 1.82) is 0 Å². The van der Waals surface area contributed by atoms with Crippen molar-refractivity contribution in [3.8, 4) is 0 Å². The van der Waals surface area contributed by atoms with Crippen molar-refractivity contribution in [2.24, 2.45) is 39.4 Å². The smallest absolute Gasteiger partial charge is 0.0654 e. The van der Waals surface area contributed by atoms with Crippen molar-refractivity contribution in [3.63, 3.8) is 0 Å². The molecule has 4 aliphatic rings. The number of hydrogen-bond acceptors (Lipinski definition) is 3. The van der Waals surface area contributed by atoms with Crippen LogP contribution in [0.3, 0.4) is 0 Å². The summed E-state index contributed by atoms with van der Waals surface area (Å²) in [5.41, 5.74) is 1.78.